The van der Waals surface area contributed by atoms with Gasteiger partial charge in [0, 0.05) is 22.3 Å². The van der Waals surface area contributed by atoms with E-state index in [1.54, 1.807) is 17.2 Å². The zero-order chi connectivity index (χ0) is 17.5. The van der Waals surface area contributed by atoms with Crippen LogP contribution in [0.25, 0.3) is 38.6 Å². The van der Waals surface area contributed by atoms with E-state index >= 15 is 0 Å². The number of hydrogen-bond acceptors (Lipinski definition) is 3. The number of aromatic nitrogens is 4. The lowest BCUT2D eigenvalue weighted by Gasteiger charge is -2.03. The molecule has 0 saturated heterocycles. The summed E-state index contributed by atoms with van der Waals surface area (Å²) in [5.74, 6) is 0. The van der Waals surface area contributed by atoms with Gasteiger partial charge < -0.3 is 0 Å². The van der Waals surface area contributed by atoms with Crippen LogP contribution in [0.15, 0.2) is 83.6 Å². The third kappa shape index (κ3) is 2.48. The second kappa shape index (κ2) is 6.04. The number of nitrogens with zero attached hydrogens (tertiary/aromatic N) is 4. The molecule has 0 bridgehead atoms. The van der Waals surface area contributed by atoms with Gasteiger partial charge in [-0.05, 0) is 46.8 Å². The number of rotatable bonds is 2. The molecule has 0 saturated carbocycles. The molecule has 0 aliphatic rings. The Kier molecular flexibility index (Phi) is 3.53. The molecule has 0 spiro atoms. The van der Waals surface area contributed by atoms with Crippen molar-refractivity contribution < 1.29 is 0 Å². The lowest BCUT2D eigenvalue weighted by molar-refractivity contribution is 0.766. The van der Waals surface area contributed by atoms with Crippen molar-refractivity contribution in [2.45, 2.75) is 0 Å². The van der Waals surface area contributed by atoms with Crippen molar-refractivity contribution >= 4 is 37.7 Å². The van der Waals surface area contributed by atoms with Gasteiger partial charge in [0.1, 0.15) is 11.0 Å². The van der Waals surface area contributed by atoms with E-state index in [4.69, 9.17) is 5.10 Å². The van der Waals surface area contributed by atoms with Crippen LogP contribution < -0.4 is 0 Å². The number of fused-ring (bicyclic) bond motifs is 3. The highest BCUT2D eigenvalue weighted by Gasteiger charge is 2.11. The molecule has 124 valence electrons. The van der Waals surface area contributed by atoms with E-state index in [2.05, 4.69) is 50.3 Å². The van der Waals surface area contributed by atoms with Gasteiger partial charge >= 0.3 is 0 Å². The van der Waals surface area contributed by atoms with Gasteiger partial charge in [-0.15, -0.1) is 10.2 Å². The highest BCUT2D eigenvalue weighted by molar-refractivity contribution is 9.10. The molecule has 26 heavy (non-hydrogen) atoms. The smallest absolute Gasteiger partial charge is 0.121 e. The van der Waals surface area contributed by atoms with Crippen molar-refractivity contribution in [1.29, 1.82) is 0 Å². The number of hydrogen-bond donors (Lipinski definition) is 0. The number of benzene rings is 3. The van der Waals surface area contributed by atoms with Gasteiger partial charge in [0.15, 0.2) is 0 Å². The summed E-state index contributed by atoms with van der Waals surface area (Å²) in [7, 11) is 0. The minimum atomic E-state index is 0.869. The molecule has 0 radical (unpaired) electrons. The Morgan fingerprint density at radius 1 is 0.731 bits per heavy atom. The lowest BCUT2D eigenvalue weighted by atomic mass is 10.1. The quantitative estimate of drug-likeness (QED) is 0.398. The molecular formula is C21H13BrN4. The van der Waals surface area contributed by atoms with Crippen molar-refractivity contribution in [3.05, 3.63) is 83.6 Å². The van der Waals surface area contributed by atoms with E-state index in [-0.39, 0.29) is 0 Å². The zero-order valence-corrected chi connectivity index (χ0v) is 15.3. The number of halogens is 1. The van der Waals surface area contributed by atoms with E-state index in [0.29, 0.717) is 0 Å². The van der Waals surface area contributed by atoms with Crippen LogP contribution in [0.5, 0.6) is 0 Å². The maximum atomic E-state index is 4.73. The predicted molar refractivity (Wildman–Crippen MR) is 107 cm³/mol. The van der Waals surface area contributed by atoms with E-state index in [9.17, 15) is 0 Å². The van der Waals surface area contributed by atoms with Crippen LogP contribution in [0, 0.1) is 0 Å². The maximum Gasteiger partial charge on any atom is 0.121 e. The molecule has 5 heteroatoms. The molecule has 5 rings (SSSR count). The maximum absolute atomic E-state index is 4.73. The molecule has 2 aromatic heterocycles. The first-order chi connectivity index (χ1) is 12.8. The Bertz CT molecular complexity index is 1230. The fourth-order valence-electron chi connectivity index (χ4n) is 3.15. The van der Waals surface area contributed by atoms with E-state index in [1.807, 2.05) is 42.5 Å². The normalized spacial score (nSPS) is 11.3. The first-order valence-corrected chi connectivity index (χ1v) is 9.04. The Hall–Kier alpha value is -3.05. The van der Waals surface area contributed by atoms with Gasteiger partial charge in [-0.1, -0.05) is 52.3 Å². The summed E-state index contributed by atoms with van der Waals surface area (Å²) in [6.45, 7) is 0. The molecule has 0 fully saturated rings. The second-order valence-corrected chi connectivity index (χ2v) is 6.90. The standard InChI is InChI=1S/C21H13BrN4/c22-19-13-20-21(18-4-2-1-3-17(18)19)25-26(24-20)16-7-5-14(6-8-16)15-9-11-23-12-10-15/h1-13H. The highest BCUT2D eigenvalue weighted by Crippen LogP contribution is 2.30. The zero-order valence-electron chi connectivity index (χ0n) is 13.7. The monoisotopic (exact) mass is 400 g/mol. The average Bonchev–Trinajstić information content (AvgIpc) is 3.13. The van der Waals surface area contributed by atoms with E-state index < -0.39 is 0 Å². The van der Waals surface area contributed by atoms with Crippen LogP contribution >= 0.6 is 15.9 Å². The Labute approximate surface area is 158 Å². The van der Waals surface area contributed by atoms with Gasteiger partial charge in [-0.25, -0.2) is 0 Å². The summed E-state index contributed by atoms with van der Waals surface area (Å²) in [4.78, 5) is 5.76. The van der Waals surface area contributed by atoms with Crippen molar-refractivity contribution in [3.63, 3.8) is 0 Å². The Morgan fingerprint density at radius 2 is 1.42 bits per heavy atom. The molecular weight excluding hydrogens is 388 g/mol. The minimum Gasteiger partial charge on any atom is -0.265 e. The SMILES string of the molecule is Brc1cc2nn(-c3ccc(-c4ccncc4)cc3)nc2c2ccccc12. The van der Waals surface area contributed by atoms with Crippen molar-refractivity contribution in [1.82, 2.24) is 20.0 Å². The van der Waals surface area contributed by atoms with Gasteiger partial charge in [0.05, 0.1) is 5.69 Å². The van der Waals surface area contributed by atoms with Gasteiger partial charge in [0.25, 0.3) is 0 Å². The molecule has 0 N–H and O–H groups in total. The third-order valence-electron chi connectivity index (χ3n) is 4.45. The summed E-state index contributed by atoms with van der Waals surface area (Å²) in [5.41, 5.74) is 4.98. The predicted octanol–water partition coefficient (Wildman–Crippen LogP) is 5.40. The topological polar surface area (TPSA) is 43.6 Å². The van der Waals surface area contributed by atoms with E-state index in [1.165, 1.54) is 0 Å². The molecule has 4 nitrogen and oxygen atoms in total. The lowest BCUT2D eigenvalue weighted by Crippen LogP contribution is -1.98. The van der Waals surface area contributed by atoms with Crippen LogP contribution in [0.4, 0.5) is 0 Å². The Morgan fingerprint density at radius 3 is 2.19 bits per heavy atom. The first kappa shape index (κ1) is 15.2. The summed E-state index contributed by atoms with van der Waals surface area (Å²) in [6, 6.07) is 22.5. The molecule has 2 heterocycles. The van der Waals surface area contributed by atoms with Crippen LogP contribution in [0.3, 0.4) is 0 Å². The van der Waals surface area contributed by atoms with Crippen LogP contribution in [0.2, 0.25) is 0 Å². The first-order valence-electron chi connectivity index (χ1n) is 8.25. The summed E-state index contributed by atoms with van der Waals surface area (Å²) >= 11 is 3.64. The highest BCUT2D eigenvalue weighted by atomic mass is 79.9. The van der Waals surface area contributed by atoms with Gasteiger partial charge in [0.2, 0.25) is 0 Å². The van der Waals surface area contributed by atoms with Crippen molar-refractivity contribution in [2.24, 2.45) is 0 Å². The van der Waals surface area contributed by atoms with Crippen LogP contribution in [0.1, 0.15) is 0 Å². The minimum absolute atomic E-state index is 0.869. The molecule has 0 aliphatic heterocycles. The molecule has 3 aromatic carbocycles. The largest absolute Gasteiger partial charge is 0.265 e. The molecule has 0 atom stereocenters. The Balaban J connectivity index is 1.62. The molecule has 0 amide bonds. The molecule has 0 aliphatic carbocycles. The fourth-order valence-corrected chi connectivity index (χ4v) is 3.71. The van der Waals surface area contributed by atoms with Crippen molar-refractivity contribution in [3.8, 4) is 16.8 Å². The molecule has 0 unspecified atom stereocenters. The van der Waals surface area contributed by atoms with Crippen LogP contribution in [-0.2, 0) is 0 Å². The molecule has 5 aromatic rings. The van der Waals surface area contributed by atoms with Gasteiger partial charge in [-0.3, -0.25) is 4.98 Å². The van der Waals surface area contributed by atoms with Crippen LogP contribution in [-0.4, -0.2) is 20.0 Å². The third-order valence-corrected chi connectivity index (χ3v) is 5.11. The van der Waals surface area contributed by atoms with E-state index in [0.717, 1.165) is 43.1 Å². The average molecular weight is 401 g/mol. The summed E-state index contributed by atoms with van der Waals surface area (Å²) in [6.07, 6.45) is 3.60. The second-order valence-electron chi connectivity index (χ2n) is 6.04. The summed E-state index contributed by atoms with van der Waals surface area (Å²) < 4.78 is 1.03. The summed E-state index contributed by atoms with van der Waals surface area (Å²) in [5, 5.41) is 11.6. The van der Waals surface area contributed by atoms with Crippen molar-refractivity contribution in [2.75, 3.05) is 0 Å². The van der Waals surface area contributed by atoms with Gasteiger partial charge in [-0.2, -0.15) is 4.80 Å². The number of pyridine rings is 1. The fraction of sp³-hybridized carbons (Fsp3) is 0.